The minimum Gasteiger partial charge on any atom is -0.480 e. The summed E-state index contributed by atoms with van der Waals surface area (Å²) >= 11 is 0. The van der Waals surface area contributed by atoms with Crippen LogP contribution in [0.2, 0.25) is 0 Å². The van der Waals surface area contributed by atoms with Crippen LogP contribution in [0.1, 0.15) is 13.3 Å². The number of carbonyl (C=O) groups excluding carboxylic acids is 2. The quantitative estimate of drug-likeness (QED) is 0.673. The van der Waals surface area contributed by atoms with Gasteiger partial charge in [-0.05, 0) is 6.42 Å². The monoisotopic (exact) mass is 273 g/mol. The van der Waals surface area contributed by atoms with Gasteiger partial charge in [-0.15, -0.1) is 0 Å². The van der Waals surface area contributed by atoms with Crippen molar-refractivity contribution in [2.24, 2.45) is 5.73 Å². The lowest BCUT2D eigenvalue weighted by Gasteiger charge is -2.35. The maximum Gasteiger partial charge on any atom is 0.323 e. The van der Waals surface area contributed by atoms with Gasteiger partial charge >= 0.3 is 12.0 Å². The van der Waals surface area contributed by atoms with Crippen LogP contribution in [0.4, 0.5) is 4.79 Å². The van der Waals surface area contributed by atoms with E-state index in [-0.39, 0.29) is 6.10 Å². The van der Waals surface area contributed by atoms with E-state index in [1.165, 1.54) is 4.90 Å². The highest BCUT2D eigenvalue weighted by Gasteiger charge is 2.28. The first-order valence-corrected chi connectivity index (χ1v) is 6.09. The van der Waals surface area contributed by atoms with Crippen molar-refractivity contribution in [2.75, 3.05) is 32.8 Å². The third kappa shape index (κ3) is 4.74. The Morgan fingerprint density at radius 1 is 1.42 bits per heavy atom. The molecular weight excluding hydrogens is 254 g/mol. The molecule has 3 amide bonds. The molecule has 108 valence electrons. The number of urea groups is 1. The van der Waals surface area contributed by atoms with Gasteiger partial charge in [-0.2, -0.15) is 0 Å². The van der Waals surface area contributed by atoms with E-state index in [9.17, 15) is 14.4 Å². The largest absolute Gasteiger partial charge is 0.480 e. The third-order valence-corrected chi connectivity index (χ3v) is 2.81. The first-order valence-electron chi connectivity index (χ1n) is 6.09. The van der Waals surface area contributed by atoms with Gasteiger partial charge in [0.05, 0.1) is 12.7 Å². The molecule has 0 aromatic heterocycles. The molecule has 1 saturated heterocycles. The molecule has 1 aliphatic rings. The van der Waals surface area contributed by atoms with Gasteiger partial charge in [0.25, 0.3) is 0 Å². The maximum atomic E-state index is 12.2. The Hall–Kier alpha value is -1.83. The van der Waals surface area contributed by atoms with E-state index in [4.69, 9.17) is 15.6 Å². The van der Waals surface area contributed by atoms with Crippen molar-refractivity contribution in [2.45, 2.75) is 19.4 Å². The molecule has 1 unspecified atom stereocenters. The van der Waals surface area contributed by atoms with Crippen molar-refractivity contribution in [3.63, 3.8) is 0 Å². The Morgan fingerprint density at radius 2 is 2.11 bits per heavy atom. The molecule has 0 aromatic carbocycles. The van der Waals surface area contributed by atoms with Gasteiger partial charge in [0.15, 0.2) is 0 Å². The lowest BCUT2D eigenvalue weighted by atomic mass is 10.2. The zero-order chi connectivity index (χ0) is 14.4. The Kier molecular flexibility index (Phi) is 5.56. The summed E-state index contributed by atoms with van der Waals surface area (Å²) in [5.74, 6) is -1.93. The predicted molar refractivity (Wildman–Crippen MR) is 65.4 cm³/mol. The highest BCUT2D eigenvalue weighted by atomic mass is 16.5. The van der Waals surface area contributed by atoms with E-state index in [0.717, 1.165) is 11.3 Å². The summed E-state index contributed by atoms with van der Waals surface area (Å²) < 4.78 is 5.43. The first-order chi connectivity index (χ1) is 8.93. The number of ether oxygens (including phenoxy) is 1. The van der Waals surface area contributed by atoms with E-state index < -0.39 is 31.0 Å². The van der Waals surface area contributed by atoms with Crippen LogP contribution in [0.15, 0.2) is 0 Å². The van der Waals surface area contributed by atoms with Crippen LogP contribution in [-0.2, 0) is 14.3 Å². The topological polar surface area (TPSA) is 113 Å². The average Bonchev–Trinajstić information content (AvgIpc) is 2.36. The molecule has 8 heteroatoms. The van der Waals surface area contributed by atoms with Gasteiger partial charge < -0.3 is 25.4 Å². The van der Waals surface area contributed by atoms with Gasteiger partial charge in [0.1, 0.15) is 13.1 Å². The van der Waals surface area contributed by atoms with Gasteiger partial charge in [0.2, 0.25) is 5.91 Å². The van der Waals surface area contributed by atoms with Crippen LogP contribution in [0, 0.1) is 0 Å². The summed E-state index contributed by atoms with van der Waals surface area (Å²) in [7, 11) is 0. The first kappa shape index (κ1) is 15.2. The molecule has 1 rings (SSSR count). The molecule has 3 N–H and O–H groups in total. The molecule has 1 aliphatic heterocycles. The van der Waals surface area contributed by atoms with Crippen molar-refractivity contribution < 1.29 is 24.2 Å². The van der Waals surface area contributed by atoms with Crippen LogP contribution < -0.4 is 5.73 Å². The van der Waals surface area contributed by atoms with Crippen molar-refractivity contribution in [3.8, 4) is 0 Å². The van der Waals surface area contributed by atoms with E-state index in [1.807, 2.05) is 6.92 Å². The molecule has 1 heterocycles. The second-order valence-corrected chi connectivity index (χ2v) is 4.35. The molecule has 0 radical (unpaired) electrons. The van der Waals surface area contributed by atoms with E-state index in [1.54, 1.807) is 0 Å². The number of hydrogen-bond acceptors (Lipinski definition) is 4. The van der Waals surface area contributed by atoms with Crippen molar-refractivity contribution in [1.82, 2.24) is 9.80 Å². The number of carboxylic acids is 1. The summed E-state index contributed by atoms with van der Waals surface area (Å²) in [5.41, 5.74) is 5.02. The number of carboxylic acid groups (broad SMARTS) is 1. The maximum absolute atomic E-state index is 12.2. The number of morpholine rings is 1. The molecule has 1 atom stereocenters. The highest BCUT2D eigenvalue weighted by molar-refractivity contribution is 5.86. The second-order valence-electron chi connectivity index (χ2n) is 4.35. The van der Waals surface area contributed by atoms with E-state index in [2.05, 4.69) is 0 Å². The summed E-state index contributed by atoms with van der Waals surface area (Å²) in [5, 5.41) is 8.75. The molecule has 0 aromatic rings. The third-order valence-electron chi connectivity index (χ3n) is 2.81. The van der Waals surface area contributed by atoms with Crippen molar-refractivity contribution >= 4 is 17.9 Å². The Morgan fingerprint density at radius 3 is 2.63 bits per heavy atom. The van der Waals surface area contributed by atoms with E-state index >= 15 is 0 Å². The summed E-state index contributed by atoms with van der Waals surface area (Å²) in [6.45, 7) is 2.17. The molecule has 8 nitrogen and oxygen atoms in total. The average molecular weight is 273 g/mol. The van der Waals surface area contributed by atoms with Gasteiger partial charge in [-0.1, -0.05) is 6.92 Å². The number of primary amides is 1. The lowest BCUT2D eigenvalue weighted by molar-refractivity contribution is -0.138. The fourth-order valence-corrected chi connectivity index (χ4v) is 1.88. The fourth-order valence-electron chi connectivity index (χ4n) is 1.88. The highest BCUT2D eigenvalue weighted by Crippen LogP contribution is 2.10. The zero-order valence-electron chi connectivity index (χ0n) is 10.9. The number of carbonyl (C=O) groups is 3. The summed E-state index contributed by atoms with van der Waals surface area (Å²) in [6, 6.07) is -0.497. The van der Waals surface area contributed by atoms with Crippen LogP contribution in [0.25, 0.3) is 0 Å². The standard InChI is InChI=1S/C11H19N3O5/c1-2-8-5-13(3-4-19-8)11(18)14(6-9(12)15)7-10(16)17/h8H,2-7H2,1H3,(H2,12,15)(H,16,17). The number of amides is 3. The minimum atomic E-state index is -1.19. The Balaban J connectivity index is 2.68. The fraction of sp³-hybridized carbons (Fsp3) is 0.727. The predicted octanol–water partition coefficient (Wildman–Crippen LogP) is -0.911. The SMILES string of the molecule is CCC1CN(C(=O)N(CC(N)=O)CC(=O)O)CCO1. The molecule has 0 spiro atoms. The number of hydrogen-bond donors (Lipinski definition) is 2. The normalized spacial score (nSPS) is 19.0. The van der Waals surface area contributed by atoms with Crippen LogP contribution >= 0.6 is 0 Å². The molecule has 0 aliphatic carbocycles. The smallest absolute Gasteiger partial charge is 0.323 e. The van der Waals surface area contributed by atoms with Gasteiger partial charge in [0, 0.05) is 13.1 Å². The summed E-state index contributed by atoms with van der Waals surface area (Å²) in [4.78, 5) is 36.2. The molecule has 0 saturated carbocycles. The van der Waals surface area contributed by atoms with Crippen molar-refractivity contribution in [1.29, 1.82) is 0 Å². The lowest BCUT2D eigenvalue weighted by Crippen LogP contribution is -2.53. The molecule has 1 fully saturated rings. The van der Waals surface area contributed by atoms with Crippen molar-refractivity contribution in [3.05, 3.63) is 0 Å². The van der Waals surface area contributed by atoms with Crippen LogP contribution in [0.5, 0.6) is 0 Å². The second kappa shape index (κ2) is 6.93. The number of nitrogens with two attached hydrogens (primary N) is 1. The Labute approximate surface area is 111 Å². The zero-order valence-corrected chi connectivity index (χ0v) is 10.9. The summed E-state index contributed by atoms with van der Waals surface area (Å²) in [6.07, 6.45) is 0.705. The number of aliphatic carboxylic acids is 1. The van der Waals surface area contributed by atoms with Gasteiger partial charge in [-0.25, -0.2) is 4.79 Å². The van der Waals surface area contributed by atoms with E-state index in [0.29, 0.717) is 19.7 Å². The molecule has 19 heavy (non-hydrogen) atoms. The minimum absolute atomic E-state index is 0.0574. The molecular formula is C11H19N3O5. The van der Waals surface area contributed by atoms with Crippen LogP contribution in [0.3, 0.4) is 0 Å². The Bertz CT molecular complexity index is 344. The number of nitrogens with zero attached hydrogens (tertiary/aromatic N) is 2. The van der Waals surface area contributed by atoms with Gasteiger partial charge in [-0.3, -0.25) is 9.59 Å². The molecule has 0 bridgehead atoms. The number of rotatable bonds is 5. The van der Waals surface area contributed by atoms with Crippen LogP contribution in [-0.4, -0.2) is 71.7 Å².